The van der Waals surface area contributed by atoms with E-state index in [1.807, 2.05) is 25.1 Å². The number of thioether (sulfide) groups is 1. The minimum absolute atomic E-state index is 0.104. The van der Waals surface area contributed by atoms with Crippen LogP contribution in [0, 0.1) is 18.7 Å². The normalized spacial score (nSPS) is 22.2. The fourth-order valence-electron chi connectivity index (χ4n) is 4.12. The molecule has 2 aliphatic heterocycles. The van der Waals surface area contributed by atoms with Gasteiger partial charge < -0.3 is 10.2 Å². The monoisotopic (exact) mass is 448 g/mol. The minimum atomic E-state index is -0.730. The van der Waals surface area contributed by atoms with Crippen molar-refractivity contribution in [3.05, 3.63) is 83.7 Å². The van der Waals surface area contributed by atoms with Crippen LogP contribution in [-0.2, 0) is 5.54 Å². The van der Waals surface area contributed by atoms with Gasteiger partial charge in [0.05, 0.1) is 18.4 Å². The van der Waals surface area contributed by atoms with Crippen LogP contribution in [0.5, 0.6) is 0 Å². The van der Waals surface area contributed by atoms with Crippen molar-refractivity contribution in [3.8, 4) is 0 Å². The van der Waals surface area contributed by atoms with Gasteiger partial charge in [-0.2, -0.15) is 0 Å². The summed E-state index contributed by atoms with van der Waals surface area (Å²) >= 11 is 1.51. The number of aryl methyl sites for hydroxylation is 1. The summed E-state index contributed by atoms with van der Waals surface area (Å²) in [4.78, 5) is 33.1. The maximum atomic E-state index is 13.6. The Morgan fingerprint density at radius 3 is 2.62 bits per heavy atom. The lowest BCUT2D eigenvalue weighted by Crippen LogP contribution is -2.43. The van der Waals surface area contributed by atoms with Gasteiger partial charge in [0.2, 0.25) is 5.95 Å². The third-order valence-electron chi connectivity index (χ3n) is 5.75. The summed E-state index contributed by atoms with van der Waals surface area (Å²) in [5.74, 6) is 0.851. The number of aromatic nitrogens is 3. The Hall–Kier alpha value is -3.33. The summed E-state index contributed by atoms with van der Waals surface area (Å²) in [5, 5.41) is 3.47. The molecule has 162 valence electrons. The molecule has 0 bridgehead atoms. The molecule has 4 heterocycles. The number of rotatable bonds is 3. The van der Waals surface area contributed by atoms with Crippen LogP contribution in [0.15, 0.2) is 66.0 Å². The molecule has 0 aliphatic carbocycles. The van der Waals surface area contributed by atoms with Crippen molar-refractivity contribution < 1.29 is 9.18 Å². The Morgan fingerprint density at radius 2 is 1.91 bits per heavy atom. The van der Waals surface area contributed by atoms with Gasteiger partial charge in [0.25, 0.3) is 5.91 Å². The highest BCUT2D eigenvalue weighted by atomic mass is 32.2. The molecule has 1 fully saturated rings. The van der Waals surface area contributed by atoms with Gasteiger partial charge in [-0.1, -0.05) is 30.0 Å². The van der Waals surface area contributed by atoms with Crippen LogP contribution in [0.25, 0.3) is 0 Å². The van der Waals surface area contributed by atoms with Crippen LogP contribution < -0.4 is 10.2 Å². The summed E-state index contributed by atoms with van der Waals surface area (Å²) < 4.78 is 13.6. The Bertz CT molecular complexity index is 1160. The number of hydrogen-bond donors (Lipinski definition) is 1. The average molecular weight is 449 g/mol. The molecule has 1 amide bonds. The first-order chi connectivity index (χ1) is 15.5. The zero-order valence-electron chi connectivity index (χ0n) is 17.4. The molecule has 3 aromatic rings. The highest BCUT2D eigenvalue weighted by Crippen LogP contribution is 2.45. The minimum Gasteiger partial charge on any atom is -0.338 e. The molecule has 2 aromatic heterocycles. The van der Waals surface area contributed by atoms with Crippen molar-refractivity contribution in [2.45, 2.75) is 12.5 Å². The molecule has 7 nitrogen and oxygen atoms in total. The molecule has 5 rings (SSSR count). The third kappa shape index (κ3) is 3.84. The Kier molecular flexibility index (Phi) is 5.34. The van der Waals surface area contributed by atoms with E-state index in [9.17, 15) is 9.18 Å². The maximum Gasteiger partial charge on any atom is 0.257 e. The van der Waals surface area contributed by atoms with Crippen LogP contribution in [0.2, 0.25) is 0 Å². The van der Waals surface area contributed by atoms with E-state index in [-0.39, 0.29) is 11.8 Å². The van der Waals surface area contributed by atoms with Gasteiger partial charge in [-0.05, 0) is 36.8 Å². The molecular weight excluding hydrogens is 427 g/mol. The second-order valence-corrected chi connectivity index (χ2v) is 8.98. The van der Waals surface area contributed by atoms with Crippen LogP contribution in [0.3, 0.4) is 0 Å². The van der Waals surface area contributed by atoms with E-state index in [0.29, 0.717) is 35.5 Å². The highest BCUT2D eigenvalue weighted by Gasteiger charge is 2.52. The van der Waals surface area contributed by atoms with Crippen LogP contribution in [-0.4, -0.2) is 44.9 Å². The number of amidine groups is 1. The van der Waals surface area contributed by atoms with Crippen molar-refractivity contribution in [2.24, 2.45) is 10.9 Å². The number of benzene rings is 1. The van der Waals surface area contributed by atoms with Crippen LogP contribution in [0.1, 0.15) is 21.6 Å². The van der Waals surface area contributed by atoms with Crippen molar-refractivity contribution >= 4 is 28.8 Å². The first kappa shape index (κ1) is 20.6. The Balaban J connectivity index is 1.50. The van der Waals surface area contributed by atoms with Crippen molar-refractivity contribution in [3.63, 3.8) is 0 Å². The molecule has 2 aliphatic rings. The van der Waals surface area contributed by atoms with Gasteiger partial charge in [-0.15, -0.1) is 0 Å². The average Bonchev–Trinajstić information content (AvgIpc) is 3.20. The molecule has 1 N–H and O–H groups in total. The zero-order chi connectivity index (χ0) is 22.1. The molecule has 2 atom stereocenters. The van der Waals surface area contributed by atoms with E-state index in [4.69, 9.17) is 4.99 Å². The van der Waals surface area contributed by atoms with E-state index in [0.717, 1.165) is 11.3 Å². The fraction of sp³-hybridized carbons (Fsp3) is 0.261. The molecular formula is C23H21FN6OS. The van der Waals surface area contributed by atoms with Crippen molar-refractivity contribution in [1.82, 2.24) is 20.3 Å². The fourth-order valence-corrected chi connectivity index (χ4v) is 5.25. The number of carbonyl (C=O) groups excluding carboxylic acids is 1. The topological polar surface area (TPSA) is 83.4 Å². The second-order valence-electron chi connectivity index (χ2n) is 7.97. The SMILES string of the molecule is Cc1cnc(N2CC3CSC(NC(=O)c4ccccc4)=NC3(c3ccc(F)cn3)C2)nc1. The van der Waals surface area contributed by atoms with Crippen LogP contribution in [0.4, 0.5) is 10.3 Å². The molecule has 0 saturated carbocycles. The number of fused-ring (bicyclic) bond motifs is 1. The number of hydrogen-bond acceptors (Lipinski definition) is 7. The quantitative estimate of drug-likeness (QED) is 0.663. The molecule has 9 heteroatoms. The van der Waals surface area contributed by atoms with Gasteiger partial charge in [0.15, 0.2) is 5.17 Å². The van der Waals surface area contributed by atoms with E-state index in [1.165, 1.54) is 24.0 Å². The molecule has 0 spiro atoms. The number of aliphatic imine (C=N–C) groups is 1. The maximum absolute atomic E-state index is 13.6. The number of anilines is 1. The summed E-state index contributed by atoms with van der Waals surface area (Å²) in [6.45, 7) is 3.13. The highest BCUT2D eigenvalue weighted by molar-refractivity contribution is 8.13. The predicted octanol–water partition coefficient (Wildman–Crippen LogP) is 3.18. The van der Waals surface area contributed by atoms with Crippen molar-refractivity contribution in [1.29, 1.82) is 0 Å². The number of nitrogens with one attached hydrogen (secondary N) is 1. The summed E-state index contributed by atoms with van der Waals surface area (Å²) in [5.41, 5.74) is 1.49. The van der Waals surface area contributed by atoms with Gasteiger partial charge in [-0.25, -0.2) is 19.4 Å². The Labute approximate surface area is 189 Å². The van der Waals surface area contributed by atoms with E-state index >= 15 is 0 Å². The van der Waals surface area contributed by atoms with Crippen LogP contribution >= 0.6 is 11.8 Å². The number of halogens is 1. The lowest BCUT2D eigenvalue weighted by Gasteiger charge is -2.34. The van der Waals surface area contributed by atoms with E-state index < -0.39 is 11.4 Å². The number of nitrogens with zero attached hydrogens (tertiary/aromatic N) is 5. The van der Waals surface area contributed by atoms with E-state index in [2.05, 4.69) is 25.2 Å². The number of carbonyl (C=O) groups is 1. The standard InChI is InChI=1S/C23H21FN6OS/c1-15-9-26-21(27-10-15)30-12-17-13-32-22(28-20(31)16-5-3-2-4-6-16)29-23(17,14-30)19-8-7-18(24)11-25-19/h2-11,17H,12-14H2,1H3,(H,28,29,31). The number of amides is 1. The molecule has 0 radical (unpaired) electrons. The van der Waals surface area contributed by atoms with Gasteiger partial charge >= 0.3 is 0 Å². The molecule has 1 aromatic carbocycles. The predicted molar refractivity (Wildman–Crippen MR) is 122 cm³/mol. The van der Waals surface area contributed by atoms with Gasteiger partial charge in [0, 0.05) is 36.2 Å². The summed E-state index contributed by atoms with van der Waals surface area (Å²) in [7, 11) is 0. The second kappa shape index (κ2) is 8.31. The summed E-state index contributed by atoms with van der Waals surface area (Å²) in [6.07, 6.45) is 4.79. The van der Waals surface area contributed by atoms with Gasteiger partial charge in [0.1, 0.15) is 11.4 Å². The molecule has 32 heavy (non-hydrogen) atoms. The summed E-state index contributed by atoms with van der Waals surface area (Å²) in [6, 6.07) is 12.1. The lowest BCUT2D eigenvalue weighted by molar-refractivity contribution is 0.0977. The first-order valence-corrected chi connectivity index (χ1v) is 11.3. The third-order valence-corrected chi connectivity index (χ3v) is 6.78. The Morgan fingerprint density at radius 1 is 1.12 bits per heavy atom. The first-order valence-electron chi connectivity index (χ1n) is 10.3. The van der Waals surface area contributed by atoms with E-state index in [1.54, 1.807) is 30.6 Å². The molecule has 1 saturated heterocycles. The lowest BCUT2D eigenvalue weighted by atomic mass is 9.85. The van der Waals surface area contributed by atoms with Gasteiger partial charge in [-0.3, -0.25) is 9.78 Å². The van der Waals surface area contributed by atoms with Crippen molar-refractivity contribution in [2.75, 3.05) is 23.7 Å². The smallest absolute Gasteiger partial charge is 0.257 e. The molecule has 2 unspecified atom stereocenters. The largest absolute Gasteiger partial charge is 0.338 e. The number of pyridine rings is 1. The zero-order valence-corrected chi connectivity index (χ0v) is 18.2.